The summed E-state index contributed by atoms with van der Waals surface area (Å²) in [4.78, 5) is 0. The van der Waals surface area contributed by atoms with Crippen LogP contribution in [-0.2, 0) is 0 Å². The molecule has 1 aromatic heterocycles. The summed E-state index contributed by atoms with van der Waals surface area (Å²) in [6.45, 7) is 0. The average Bonchev–Trinajstić information content (AvgIpc) is 3.14. The Morgan fingerprint density at radius 1 is 0.600 bits per heavy atom. The van der Waals surface area contributed by atoms with Crippen molar-refractivity contribution in [1.29, 1.82) is 0 Å². The van der Waals surface area contributed by atoms with Gasteiger partial charge in [-0.15, -0.1) is 0 Å². The molecule has 30 heavy (non-hydrogen) atoms. The Hall–Kier alpha value is -3.36. The molecule has 6 rings (SSSR count). The minimum absolute atomic E-state index is 1.10. The van der Waals surface area contributed by atoms with E-state index in [0.29, 0.717) is 0 Å². The molecule has 1 radical (unpaired) electrons. The number of nitrogens with zero attached hydrogens (tertiary/aromatic N) is 1. The van der Waals surface area contributed by atoms with Crippen molar-refractivity contribution in [1.82, 2.24) is 4.57 Å². The normalized spacial score (nSPS) is 11.5. The van der Waals surface area contributed by atoms with Gasteiger partial charge in [0.2, 0.25) is 0 Å². The van der Waals surface area contributed by atoms with E-state index in [1.54, 1.807) is 0 Å². The Morgan fingerprint density at radius 2 is 1.30 bits per heavy atom. The maximum atomic E-state index is 3.69. The lowest BCUT2D eigenvalue weighted by Gasteiger charge is -2.11. The van der Waals surface area contributed by atoms with Gasteiger partial charge in [0.1, 0.15) is 0 Å². The lowest BCUT2D eigenvalue weighted by molar-refractivity contribution is 1.18. The first-order chi connectivity index (χ1) is 14.8. The van der Waals surface area contributed by atoms with Crippen molar-refractivity contribution in [3.8, 4) is 16.8 Å². The summed E-state index contributed by atoms with van der Waals surface area (Å²) in [5.41, 5.74) is 5.88. The second-order valence-electron chi connectivity index (χ2n) is 7.47. The van der Waals surface area contributed by atoms with Crippen LogP contribution in [0.3, 0.4) is 0 Å². The number of rotatable bonds is 2. The third-order valence-electron chi connectivity index (χ3n) is 5.78. The molecule has 6 aromatic rings. The fourth-order valence-corrected chi connectivity index (χ4v) is 4.89. The van der Waals surface area contributed by atoms with Crippen molar-refractivity contribution in [2.75, 3.05) is 0 Å². The molecule has 0 unspecified atom stereocenters. The quantitative estimate of drug-likeness (QED) is 0.252. The molecule has 0 aliphatic carbocycles. The van der Waals surface area contributed by atoms with Gasteiger partial charge >= 0.3 is 0 Å². The van der Waals surface area contributed by atoms with Crippen molar-refractivity contribution in [3.63, 3.8) is 0 Å². The highest BCUT2D eigenvalue weighted by molar-refractivity contribution is 9.10. The molecule has 0 N–H and O–H groups in total. The summed E-state index contributed by atoms with van der Waals surface area (Å²) in [6.07, 6.45) is 0. The summed E-state index contributed by atoms with van der Waals surface area (Å²) in [5.74, 6) is 0. The van der Waals surface area contributed by atoms with Gasteiger partial charge in [-0.3, -0.25) is 0 Å². The van der Waals surface area contributed by atoms with Crippen molar-refractivity contribution in [3.05, 3.63) is 114 Å². The van der Waals surface area contributed by atoms with E-state index in [-0.39, 0.29) is 0 Å². The van der Waals surface area contributed by atoms with E-state index in [1.807, 2.05) is 0 Å². The fourth-order valence-electron chi connectivity index (χ4n) is 4.41. The van der Waals surface area contributed by atoms with Crippen LogP contribution in [0.2, 0.25) is 0 Å². The highest BCUT2D eigenvalue weighted by Crippen LogP contribution is 2.37. The highest BCUT2D eigenvalue weighted by Gasteiger charge is 2.14. The van der Waals surface area contributed by atoms with Gasteiger partial charge in [0.05, 0.1) is 11.0 Å². The van der Waals surface area contributed by atoms with Crippen molar-refractivity contribution < 1.29 is 0 Å². The van der Waals surface area contributed by atoms with Crippen molar-refractivity contribution >= 4 is 48.5 Å². The number of hydrogen-bond acceptors (Lipinski definition) is 0. The zero-order valence-electron chi connectivity index (χ0n) is 16.1. The van der Waals surface area contributed by atoms with E-state index < -0.39 is 0 Å². The molecule has 0 aliphatic rings. The first kappa shape index (κ1) is 17.5. The Kier molecular flexibility index (Phi) is 4.00. The average molecular weight is 447 g/mol. The molecule has 0 saturated carbocycles. The van der Waals surface area contributed by atoms with Crippen LogP contribution in [0, 0.1) is 6.07 Å². The number of fused-ring (bicyclic) bond motifs is 4. The summed E-state index contributed by atoms with van der Waals surface area (Å²) >= 11 is 3.69. The monoisotopic (exact) mass is 446 g/mol. The van der Waals surface area contributed by atoms with E-state index in [2.05, 4.69) is 130 Å². The molecule has 0 bridgehead atoms. The summed E-state index contributed by atoms with van der Waals surface area (Å²) < 4.78 is 3.46. The van der Waals surface area contributed by atoms with Crippen LogP contribution in [0.4, 0.5) is 0 Å². The predicted octanol–water partition coefficient (Wildman–Crippen LogP) is 8.17. The molecule has 0 fully saturated rings. The molecule has 0 atom stereocenters. The Balaban J connectivity index is 1.70. The SMILES string of the molecule is Brc1ccc(-c2[c]cc3c4ccccc4n(-c4ccccc4)c3c2)c2ccccc12. The first-order valence-electron chi connectivity index (χ1n) is 9.99. The molecule has 5 aromatic carbocycles. The lowest BCUT2D eigenvalue weighted by Crippen LogP contribution is -1.93. The van der Waals surface area contributed by atoms with Gasteiger partial charge in [-0.2, -0.15) is 0 Å². The van der Waals surface area contributed by atoms with Crippen LogP contribution >= 0.6 is 15.9 Å². The molecule has 2 heteroatoms. The third-order valence-corrected chi connectivity index (χ3v) is 6.47. The van der Waals surface area contributed by atoms with Crippen LogP contribution in [0.1, 0.15) is 0 Å². The van der Waals surface area contributed by atoms with Gasteiger partial charge in [0, 0.05) is 20.9 Å². The van der Waals surface area contributed by atoms with Gasteiger partial charge in [-0.25, -0.2) is 0 Å². The Morgan fingerprint density at radius 3 is 2.13 bits per heavy atom. The second kappa shape index (κ2) is 6.86. The molecular weight excluding hydrogens is 430 g/mol. The van der Waals surface area contributed by atoms with Gasteiger partial charge in [-0.1, -0.05) is 82.7 Å². The fraction of sp³-hybridized carbons (Fsp3) is 0. The third kappa shape index (κ3) is 2.61. The Labute approximate surface area is 183 Å². The van der Waals surface area contributed by atoms with Gasteiger partial charge in [-0.05, 0) is 64.4 Å². The summed E-state index contributed by atoms with van der Waals surface area (Å²) in [6, 6.07) is 40.0. The van der Waals surface area contributed by atoms with E-state index in [0.717, 1.165) is 10.0 Å². The van der Waals surface area contributed by atoms with E-state index in [9.17, 15) is 0 Å². The zero-order valence-corrected chi connectivity index (χ0v) is 17.7. The topological polar surface area (TPSA) is 4.93 Å². The van der Waals surface area contributed by atoms with Gasteiger partial charge in [0.15, 0.2) is 0 Å². The lowest BCUT2D eigenvalue weighted by atomic mass is 9.97. The molecule has 0 amide bonds. The van der Waals surface area contributed by atoms with Crippen LogP contribution in [-0.4, -0.2) is 4.57 Å². The van der Waals surface area contributed by atoms with Crippen LogP contribution in [0.25, 0.3) is 49.4 Å². The van der Waals surface area contributed by atoms with Crippen LogP contribution in [0.5, 0.6) is 0 Å². The van der Waals surface area contributed by atoms with Gasteiger partial charge < -0.3 is 4.57 Å². The van der Waals surface area contributed by atoms with E-state index >= 15 is 0 Å². The van der Waals surface area contributed by atoms with Gasteiger partial charge in [0.25, 0.3) is 0 Å². The highest BCUT2D eigenvalue weighted by atomic mass is 79.9. The summed E-state index contributed by atoms with van der Waals surface area (Å²) in [5, 5.41) is 4.91. The maximum Gasteiger partial charge on any atom is 0.0547 e. The molecule has 0 aliphatic heterocycles. The minimum Gasteiger partial charge on any atom is -0.309 e. The number of hydrogen-bond donors (Lipinski definition) is 0. The summed E-state index contributed by atoms with van der Waals surface area (Å²) in [7, 11) is 0. The number of aromatic nitrogens is 1. The predicted molar refractivity (Wildman–Crippen MR) is 130 cm³/mol. The zero-order chi connectivity index (χ0) is 20.1. The first-order valence-corrected chi connectivity index (χ1v) is 10.8. The second-order valence-corrected chi connectivity index (χ2v) is 8.33. The number of para-hydroxylation sites is 2. The van der Waals surface area contributed by atoms with Crippen LogP contribution in [0.15, 0.2) is 108 Å². The van der Waals surface area contributed by atoms with Crippen molar-refractivity contribution in [2.45, 2.75) is 0 Å². The maximum absolute atomic E-state index is 3.69. The van der Waals surface area contributed by atoms with Crippen LogP contribution < -0.4 is 0 Å². The minimum atomic E-state index is 1.10. The molecule has 0 spiro atoms. The van der Waals surface area contributed by atoms with E-state index in [1.165, 1.54) is 43.8 Å². The molecule has 0 saturated heterocycles. The molecule has 1 heterocycles. The number of halogens is 1. The molecule has 141 valence electrons. The molecular formula is C28H17BrN. The largest absolute Gasteiger partial charge is 0.309 e. The molecule has 1 nitrogen and oxygen atoms in total. The van der Waals surface area contributed by atoms with E-state index in [4.69, 9.17) is 0 Å². The number of benzene rings is 5. The Bertz CT molecular complexity index is 1540. The van der Waals surface area contributed by atoms with Crippen molar-refractivity contribution in [2.24, 2.45) is 0 Å². The standard InChI is InChI=1S/C28H17BrN/c29-26-17-16-21(22-10-4-5-11-23(22)26)19-14-15-25-24-12-6-7-13-27(24)30(28(25)18-19)20-8-2-1-3-9-20/h1-13,15-18H. The smallest absolute Gasteiger partial charge is 0.0547 e.